The van der Waals surface area contributed by atoms with Crippen LogP contribution in [0.1, 0.15) is 49.5 Å². The molecular weight excluding hydrogens is 380 g/mol. The Morgan fingerprint density at radius 2 is 1.75 bits per heavy atom. The van der Waals surface area contributed by atoms with Crippen molar-refractivity contribution in [3.05, 3.63) is 53.6 Å². The van der Waals surface area contributed by atoms with Gasteiger partial charge in [-0.2, -0.15) is 8.42 Å². The van der Waals surface area contributed by atoms with Gasteiger partial charge >= 0.3 is 0 Å². The fourth-order valence-corrected chi connectivity index (χ4v) is 3.47. The van der Waals surface area contributed by atoms with Gasteiger partial charge in [0.05, 0.1) is 12.2 Å². The summed E-state index contributed by atoms with van der Waals surface area (Å²) in [6.45, 7) is 6.53. The molecule has 0 aliphatic rings. The molecule has 2 aromatic rings. The molecule has 28 heavy (non-hydrogen) atoms. The monoisotopic (exact) mass is 406 g/mol. The summed E-state index contributed by atoms with van der Waals surface area (Å²) in [5.41, 5.74) is 0.0642. The van der Waals surface area contributed by atoms with Crippen molar-refractivity contribution in [1.82, 2.24) is 0 Å². The molecule has 0 spiro atoms. The Kier molecular flexibility index (Phi) is 7.21. The zero-order chi connectivity index (χ0) is 20.9. The van der Waals surface area contributed by atoms with E-state index in [2.05, 4.69) is 20.8 Å². The quantitative estimate of drug-likeness (QED) is 0.475. The van der Waals surface area contributed by atoms with Gasteiger partial charge in [0.1, 0.15) is 16.4 Å². The number of hydrogen-bond acceptors (Lipinski definition) is 5. The van der Waals surface area contributed by atoms with Gasteiger partial charge in [-0.25, -0.2) is 0 Å². The number of carbonyl (C=O) groups is 1. The molecule has 6 nitrogen and oxygen atoms in total. The van der Waals surface area contributed by atoms with Gasteiger partial charge in [-0.3, -0.25) is 9.35 Å². The second-order valence-corrected chi connectivity index (χ2v) is 8.38. The van der Waals surface area contributed by atoms with Crippen LogP contribution in [0.3, 0.4) is 0 Å². The number of rotatable bonds is 9. The number of aromatic hydroxyl groups is 1. The zero-order valence-corrected chi connectivity index (χ0v) is 17.1. The zero-order valence-electron chi connectivity index (χ0n) is 16.3. The second kappa shape index (κ2) is 9.21. The van der Waals surface area contributed by atoms with Crippen molar-refractivity contribution in [2.75, 3.05) is 6.61 Å². The number of phenols is 1. The predicted octanol–water partition coefficient (Wildman–Crippen LogP) is 4.32. The first-order valence-electron chi connectivity index (χ1n) is 9.22. The summed E-state index contributed by atoms with van der Waals surface area (Å²) >= 11 is 0. The van der Waals surface area contributed by atoms with E-state index >= 15 is 0 Å². The number of ketones is 1. The lowest BCUT2D eigenvalue weighted by Gasteiger charge is -2.19. The van der Waals surface area contributed by atoms with Gasteiger partial charge < -0.3 is 9.84 Å². The number of hydrogen-bond donors (Lipinski definition) is 2. The van der Waals surface area contributed by atoms with Crippen LogP contribution in [-0.2, 0) is 10.1 Å². The summed E-state index contributed by atoms with van der Waals surface area (Å²) in [5, 5.41) is 10.3. The van der Waals surface area contributed by atoms with Gasteiger partial charge in [0.25, 0.3) is 10.1 Å². The molecule has 7 heteroatoms. The van der Waals surface area contributed by atoms with Crippen LogP contribution in [0.25, 0.3) is 0 Å². The Bertz CT molecular complexity index is 921. The van der Waals surface area contributed by atoms with Crippen molar-refractivity contribution < 1.29 is 27.6 Å². The molecule has 2 rings (SSSR count). The Labute approximate surface area is 165 Å². The first-order chi connectivity index (χ1) is 13.1. The average molecular weight is 407 g/mol. The maximum atomic E-state index is 12.6. The van der Waals surface area contributed by atoms with E-state index in [1.54, 1.807) is 30.3 Å². The predicted molar refractivity (Wildman–Crippen MR) is 107 cm³/mol. The smallest absolute Gasteiger partial charge is 0.298 e. The van der Waals surface area contributed by atoms with Crippen LogP contribution in [0.2, 0.25) is 0 Å². The Morgan fingerprint density at radius 3 is 2.32 bits per heavy atom. The summed E-state index contributed by atoms with van der Waals surface area (Å²) in [5.74, 6) is -0.289. The highest BCUT2D eigenvalue weighted by Crippen LogP contribution is 2.33. The van der Waals surface area contributed by atoms with Gasteiger partial charge in [-0.1, -0.05) is 57.5 Å². The molecule has 0 fully saturated rings. The molecule has 0 aliphatic carbocycles. The fourth-order valence-electron chi connectivity index (χ4n) is 2.83. The SMILES string of the molecule is CCC(C)C(C)CCOc1cc(O)c(C(=O)c2ccccc2)cc1S(=O)(=O)O. The molecule has 0 saturated carbocycles. The van der Waals surface area contributed by atoms with Crippen molar-refractivity contribution >= 4 is 15.9 Å². The molecule has 2 unspecified atom stereocenters. The lowest BCUT2D eigenvalue weighted by molar-refractivity contribution is 0.103. The number of phenolic OH excluding ortho intramolecular Hbond substituents is 1. The van der Waals surface area contributed by atoms with E-state index in [9.17, 15) is 22.9 Å². The summed E-state index contributed by atoms with van der Waals surface area (Å²) in [6, 6.07) is 10.2. The van der Waals surface area contributed by atoms with E-state index in [0.717, 1.165) is 18.6 Å². The summed E-state index contributed by atoms with van der Waals surface area (Å²) in [4.78, 5) is 12.1. The van der Waals surface area contributed by atoms with Crippen LogP contribution >= 0.6 is 0 Å². The highest BCUT2D eigenvalue weighted by atomic mass is 32.2. The lowest BCUT2D eigenvalue weighted by atomic mass is 9.91. The molecular formula is C21H26O6S. The number of benzene rings is 2. The molecule has 0 heterocycles. The highest BCUT2D eigenvalue weighted by molar-refractivity contribution is 7.86. The third-order valence-corrected chi connectivity index (χ3v) is 5.94. The summed E-state index contributed by atoms with van der Waals surface area (Å²) < 4.78 is 38.7. The molecule has 0 saturated heterocycles. The van der Waals surface area contributed by atoms with Crippen LogP contribution in [0, 0.1) is 11.8 Å². The van der Waals surface area contributed by atoms with E-state index in [1.165, 1.54) is 0 Å². The van der Waals surface area contributed by atoms with Gasteiger partial charge in [0.15, 0.2) is 5.78 Å². The standard InChI is InChI=1S/C21H26O6S/c1-4-14(2)15(3)10-11-27-19-13-18(22)17(12-20(19)28(24,25)26)21(23)16-8-6-5-7-9-16/h5-9,12-15,22H,4,10-11H2,1-3H3,(H,24,25,26). The van der Waals surface area contributed by atoms with E-state index in [-0.39, 0.29) is 23.5 Å². The molecule has 2 aromatic carbocycles. The average Bonchev–Trinajstić information content (AvgIpc) is 2.66. The normalized spacial score (nSPS) is 13.7. The van der Waals surface area contributed by atoms with E-state index in [1.807, 2.05) is 0 Å². The Balaban J connectivity index is 2.32. The number of ether oxygens (including phenoxy) is 1. The fraction of sp³-hybridized carbons (Fsp3) is 0.381. The molecule has 2 atom stereocenters. The van der Waals surface area contributed by atoms with E-state index in [4.69, 9.17) is 4.74 Å². The minimum Gasteiger partial charge on any atom is -0.507 e. The first-order valence-corrected chi connectivity index (χ1v) is 10.7. The lowest BCUT2D eigenvalue weighted by Crippen LogP contribution is -2.13. The largest absolute Gasteiger partial charge is 0.507 e. The number of carbonyl (C=O) groups excluding carboxylic acids is 1. The molecule has 0 radical (unpaired) electrons. The van der Waals surface area contributed by atoms with E-state index < -0.39 is 26.5 Å². The topological polar surface area (TPSA) is 101 Å². The summed E-state index contributed by atoms with van der Waals surface area (Å²) in [6.07, 6.45) is 1.71. The van der Waals surface area contributed by atoms with Gasteiger partial charge in [0.2, 0.25) is 0 Å². The van der Waals surface area contributed by atoms with E-state index in [0.29, 0.717) is 18.3 Å². The van der Waals surface area contributed by atoms with Crippen molar-refractivity contribution in [3.8, 4) is 11.5 Å². The van der Waals surface area contributed by atoms with Gasteiger partial charge in [-0.15, -0.1) is 0 Å². The second-order valence-electron chi connectivity index (χ2n) is 6.99. The molecule has 0 bridgehead atoms. The van der Waals surface area contributed by atoms with Crippen LogP contribution in [0.5, 0.6) is 11.5 Å². The van der Waals surface area contributed by atoms with Crippen LogP contribution in [-0.4, -0.2) is 30.5 Å². The van der Waals surface area contributed by atoms with Gasteiger partial charge in [0, 0.05) is 11.6 Å². The van der Waals surface area contributed by atoms with Gasteiger partial charge in [-0.05, 0) is 24.3 Å². The van der Waals surface area contributed by atoms with Crippen LogP contribution in [0.15, 0.2) is 47.4 Å². The highest BCUT2D eigenvalue weighted by Gasteiger charge is 2.24. The molecule has 0 aromatic heterocycles. The first kappa shape index (κ1) is 21.9. The van der Waals surface area contributed by atoms with Crippen molar-refractivity contribution in [2.45, 2.75) is 38.5 Å². The van der Waals surface area contributed by atoms with Crippen LogP contribution in [0.4, 0.5) is 0 Å². The molecule has 152 valence electrons. The third kappa shape index (κ3) is 5.33. The maximum absolute atomic E-state index is 12.6. The minimum atomic E-state index is -4.65. The van der Waals surface area contributed by atoms with Crippen molar-refractivity contribution in [3.63, 3.8) is 0 Å². The molecule has 0 aliphatic heterocycles. The van der Waals surface area contributed by atoms with Crippen LogP contribution < -0.4 is 4.74 Å². The summed E-state index contributed by atoms with van der Waals surface area (Å²) in [7, 11) is -4.65. The Morgan fingerprint density at radius 1 is 1.11 bits per heavy atom. The minimum absolute atomic E-state index is 0.180. The maximum Gasteiger partial charge on any atom is 0.298 e. The molecule has 2 N–H and O–H groups in total. The Hall–Kier alpha value is -2.38. The van der Waals surface area contributed by atoms with Crippen molar-refractivity contribution in [2.24, 2.45) is 11.8 Å². The third-order valence-electron chi connectivity index (χ3n) is 5.07. The molecule has 0 amide bonds. The van der Waals surface area contributed by atoms with Crippen molar-refractivity contribution in [1.29, 1.82) is 0 Å².